The average molecular weight is 314 g/mol. The fourth-order valence-corrected chi connectivity index (χ4v) is 3.39. The quantitative estimate of drug-likeness (QED) is 0.916. The Bertz CT molecular complexity index is 674. The summed E-state index contributed by atoms with van der Waals surface area (Å²) < 4.78 is 10.7. The summed E-state index contributed by atoms with van der Waals surface area (Å²) in [5.74, 6) is 1.59. The van der Waals surface area contributed by atoms with Crippen molar-refractivity contribution in [1.82, 2.24) is 5.43 Å². The topological polar surface area (TPSA) is 42.8 Å². The summed E-state index contributed by atoms with van der Waals surface area (Å²) in [6.07, 6.45) is 0.841. The van der Waals surface area contributed by atoms with E-state index in [2.05, 4.69) is 22.7 Å². The monoisotopic (exact) mass is 314 g/mol. The smallest absolute Gasteiger partial charge is 0.128 e. The fourth-order valence-electron chi connectivity index (χ4n) is 2.34. The van der Waals surface area contributed by atoms with E-state index >= 15 is 0 Å². The van der Waals surface area contributed by atoms with Crippen molar-refractivity contribution in [2.75, 3.05) is 14.2 Å². The Balaban J connectivity index is 1.71. The van der Waals surface area contributed by atoms with Crippen LogP contribution in [0.15, 0.2) is 53.6 Å². The molecule has 2 aromatic rings. The molecule has 1 atom stereocenters. The van der Waals surface area contributed by atoms with E-state index in [1.165, 1.54) is 5.56 Å². The molecule has 1 aliphatic rings. The van der Waals surface area contributed by atoms with Gasteiger partial charge in [0.15, 0.2) is 0 Å². The first-order valence-electron chi connectivity index (χ1n) is 7.04. The van der Waals surface area contributed by atoms with E-state index in [9.17, 15) is 0 Å². The van der Waals surface area contributed by atoms with Gasteiger partial charge < -0.3 is 9.47 Å². The highest BCUT2D eigenvalue weighted by Crippen LogP contribution is 2.39. The maximum atomic E-state index is 5.47. The molecule has 4 nitrogen and oxygen atoms in total. The minimum atomic E-state index is 0.0690. The van der Waals surface area contributed by atoms with Crippen LogP contribution in [0.5, 0.6) is 11.5 Å². The lowest BCUT2D eigenvalue weighted by molar-refractivity contribution is 0.390. The van der Waals surface area contributed by atoms with E-state index in [1.54, 1.807) is 26.0 Å². The number of hydrogen-bond acceptors (Lipinski definition) is 5. The van der Waals surface area contributed by atoms with Gasteiger partial charge in [-0.15, -0.1) is 0 Å². The van der Waals surface area contributed by atoms with Crippen LogP contribution in [0.2, 0.25) is 0 Å². The van der Waals surface area contributed by atoms with Crippen LogP contribution in [0.1, 0.15) is 16.5 Å². The second-order valence-electron chi connectivity index (χ2n) is 4.90. The number of hydrazone groups is 1. The van der Waals surface area contributed by atoms with E-state index in [0.717, 1.165) is 28.5 Å². The Morgan fingerprint density at radius 2 is 1.91 bits per heavy atom. The zero-order valence-electron chi connectivity index (χ0n) is 12.6. The Morgan fingerprint density at radius 1 is 1.09 bits per heavy atom. The molecular formula is C17H18N2O2S. The number of benzene rings is 2. The van der Waals surface area contributed by atoms with Crippen molar-refractivity contribution >= 4 is 16.8 Å². The fraction of sp³-hybridized carbons (Fsp3) is 0.235. The molecule has 0 unspecified atom stereocenters. The van der Waals surface area contributed by atoms with Crippen LogP contribution in [-0.4, -0.2) is 19.3 Å². The highest BCUT2D eigenvalue weighted by atomic mass is 32.2. The zero-order chi connectivity index (χ0) is 15.4. The number of hydrogen-bond donors (Lipinski definition) is 1. The molecule has 0 aliphatic carbocycles. The van der Waals surface area contributed by atoms with Crippen LogP contribution in [0, 0.1) is 0 Å². The molecule has 0 saturated carbocycles. The Morgan fingerprint density at radius 3 is 2.64 bits per heavy atom. The van der Waals surface area contributed by atoms with Crippen LogP contribution < -0.4 is 14.9 Å². The molecule has 0 spiro atoms. The summed E-state index contributed by atoms with van der Waals surface area (Å²) in [6, 6.07) is 16.2. The lowest BCUT2D eigenvalue weighted by Gasteiger charge is -2.15. The predicted octanol–water partition coefficient (Wildman–Crippen LogP) is 3.60. The Labute approximate surface area is 134 Å². The van der Waals surface area contributed by atoms with Gasteiger partial charge in [-0.25, -0.2) is 0 Å². The Hall–Kier alpha value is -2.14. The molecule has 1 heterocycles. The molecule has 0 bridgehead atoms. The zero-order valence-corrected chi connectivity index (χ0v) is 13.4. The van der Waals surface area contributed by atoms with Crippen molar-refractivity contribution in [1.29, 1.82) is 0 Å². The SMILES string of the molecule is COc1ccc([C@@H]2NN=C(Cc3ccccc3)S2)c(OC)c1. The molecular weight excluding hydrogens is 296 g/mol. The maximum Gasteiger partial charge on any atom is 0.128 e. The molecule has 0 aromatic heterocycles. The van der Waals surface area contributed by atoms with E-state index in [0.29, 0.717) is 0 Å². The van der Waals surface area contributed by atoms with Crippen molar-refractivity contribution in [2.24, 2.45) is 5.10 Å². The highest BCUT2D eigenvalue weighted by Gasteiger charge is 2.24. The molecule has 3 rings (SSSR count). The average Bonchev–Trinajstić information content (AvgIpc) is 3.03. The number of rotatable bonds is 5. The van der Waals surface area contributed by atoms with Gasteiger partial charge in [0.25, 0.3) is 0 Å². The van der Waals surface area contributed by atoms with E-state index in [-0.39, 0.29) is 5.37 Å². The van der Waals surface area contributed by atoms with E-state index in [4.69, 9.17) is 9.47 Å². The maximum absolute atomic E-state index is 5.47. The summed E-state index contributed by atoms with van der Waals surface area (Å²) in [6.45, 7) is 0. The summed E-state index contributed by atoms with van der Waals surface area (Å²) in [4.78, 5) is 0. The van der Waals surface area contributed by atoms with Crippen LogP contribution in [0.3, 0.4) is 0 Å². The summed E-state index contributed by atoms with van der Waals surface area (Å²) in [7, 11) is 3.32. The highest BCUT2D eigenvalue weighted by molar-refractivity contribution is 8.14. The van der Waals surface area contributed by atoms with Crippen LogP contribution in [0.25, 0.3) is 0 Å². The summed E-state index contributed by atoms with van der Waals surface area (Å²) in [5, 5.41) is 5.60. The van der Waals surface area contributed by atoms with Crippen LogP contribution in [0.4, 0.5) is 0 Å². The van der Waals surface area contributed by atoms with Gasteiger partial charge in [0.1, 0.15) is 16.9 Å². The first-order valence-corrected chi connectivity index (χ1v) is 7.92. The van der Waals surface area contributed by atoms with Gasteiger partial charge in [0.05, 0.1) is 19.3 Å². The van der Waals surface area contributed by atoms with Gasteiger partial charge in [-0.05, 0) is 17.7 Å². The summed E-state index contributed by atoms with van der Waals surface area (Å²) in [5.41, 5.74) is 5.52. The molecule has 5 heteroatoms. The molecule has 0 radical (unpaired) electrons. The van der Waals surface area contributed by atoms with E-state index in [1.807, 2.05) is 36.4 Å². The van der Waals surface area contributed by atoms with Crippen molar-refractivity contribution in [3.05, 3.63) is 59.7 Å². The standard InChI is InChI=1S/C17H18N2O2S/c1-20-13-8-9-14(15(11-13)21-2)17-19-18-16(22-17)10-12-6-4-3-5-7-12/h3-9,11,17,19H,10H2,1-2H3/t17-/m1/s1. The number of thioether (sulfide) groups is 1. The third-order valence-electron chi connectivity index (χ3n) is 3.48. The molecule has 0 amide bonds. The first kappa shape index (κ1) is 14.8. The van der Waals surface area contributed by atoms with Crippen LogP contribution >= 0.6 is 11.8 Å². The third-order valence-corrected chi connectivity index (χ3v) is 4.58. The normalized spacial score (nSPS) is 16.8. The molecule has 114 valence electrons. The second-order valence-corrected chi connectivity index (χ2v) is 6.08. The van der Waals surface area contributed by atoms with E-state index < -0.39 is 0 Å². The van der Waals surface area contributed by atoms with Crippen LogP contribution in [-0.2, 0) is 6.42 Å². The van der Waals surface area contributed by atoms with Crippen molar-refractivity contribution in [2.45, 2.75) is 11.8 Å². The van der Waals surface area contributed by atoms with Crippen molar-refractivity contribution < 1.29 is 9.47 Å². The second kappa shape index (κ2) is 6.75. The lowest BCUT2D eigenvalue weighted by Crippen LogP contribution is -2.08. The summed E-state index contributed by atoms with van der Waals surface area (Å²) >= 11 is 1.72. The number of ether oxygens (including phenoxy) is 2. The minimum absolute atomic E-state index is 0.0690. The van der Waals surface area contributed by atoms with Crippen molar-refractivity contribution in [3.8, 4) is 11.5 Å². The van der Waals surface area contributed by atoms with Crippen molar-refractivity contribution in [3.63, 3.8) is 0 Å². The molecule has 1 N–H and O–H groups in total. The largest absolute Gasteiger partial charge is 0.497 e. The van der Waals surface area contributed by atoms with Gasteiger partial charge >= 0.3 is 0 Å². The number of nitrogens with one attached hydrogen (secondary N) is 1. The van der Waals surface area contributed by atoms with Gasteiger partial charge in [0.2, 0.25) is 0 Å². The molecule has 2 aromatic carbocycles. The van der Waals surface area contributed by atoms with Gasteiger partial charge in [-0.1, -0.05) is 42.1 Å². The molecule has 0 saturated heterocycles. The minimum Gasteiger partial charge on any atom is -0.497 e. The lowest BCUT2D eigenvalue weighted by atomic mass is 10.2. The Kier molecular flexibility index (Phi) is 4.53. The molecule has 1 aliphatic heterocycles. The van der Waals surface area contributed by atoms with Gasteiger partial charge in [-0.2, -0.15) is 5.10 Å². The predicted molar refractivity (Wildman–Crippen MR) is 90.6 cm³/mol. The van der Waals surface area contributed by atoms with Gasteiger partial charge in [0, 0.05) is 18.1 Å². The van der Waals surface area contributed by atoms with Gasteiger partial charge in [-0.3, -0.25) is 5.43 Å². The molecule has 0 fully saturated rings. The number of methoxy groups -OCH3 is 2. The third kappa shape index (κ3) is 3.20. The number of nitrogens with zero attached hydrogens (tertiary/aromatic N) is 1. The molecule has 22 heavy (non-hydrogen) atoms. The first-order chi connectivity index (χ1) is 10.8.